The standard InChI is InChI=1S/C16H15N3O/c1-10-7-8-11(2)14(9-10)18-16-17-13-6-4-3-5-12(13)15(20)19-16/h3-9H,1-2H3,(H2,17,18,19,20). The third-order valence-corrected chi connectivity index (χ3v) is 3.26. The van der Waals surface area contributed by atoms with Crippen molar-refractivity contribution >= 4 is 22.5 Å². The highest BCUT2D eigenvalue weighted by Crippen LogP contribution is 2.20. The van der Waals surface area contributed by atoms with E-state index in [1.165, 1.54) is 0 Å². The van der Waals surface area contributed by atoms with E-state index in [0.29, 0.717) is 16.9 Å². The number of rotatable bonds is 2. The van der Waals surface area contributed by atoms with Crippen molar-refractivity contribution in [2.24, 2.45) is 0 Å². The maximum absolute atomic E-state index is 12.0. The molecule has 0 aliphatic carbocycles. The molecule has 0 aliphatic rings. The molecule has 3 rings (SSSR count). The first-order chi connectivity index (χ1) is 9.63. The minimum atomic E-state index is -0.136. The quantitative estimate of drug-likeness (QED) is 0.747. The van der Waals surface area contributed by atoms with E-state index in [9.17, 15) is 4.79 Å². The van der Waals surface area contributed by atoms with Gasteiger partial charge in [0.25, 0.3) is 5.56 Å². The third kappa shape index (κ3) is 2.28. The van der Waals surface area contributed by atoms with E-state index in [-0.39, 0.29) is 5.56 Å². The molecule has 0 saturated heterocycles. The van der Waals surface area contributed by atoms with Crippen LogP contribution in [0, 0.1) is 13.8 Å². The van der Waals surface area contributed by atoms with Crippen LogP contribution in [0.2, 0.25) is 0 Å². The molecule has 0 saturated carbocycles. The van der Waals surface area contributed by atoms with Gasteiger partial charge in [-0.25, -0.2) is 4.98 Å². The fourth-order valence-electron chi connectivity index (χ4n) is 2.14. The van der Waals surface area contributed by atoms with Gasteiger partial charge in [0.1, 0.15) is 0 Å². The van der Waals surface area contributed by atoms with E-state index in [4.69, 9.17) is 0 Å². The Morgan fingerprint density at radius 2 is 1.90 bits per heavy atom. The zero-order chi connectivity index (χ0) is 14.1. The van der Waals surface area contributed by atoms with Crippen molar-refractivity contribution in [3.8, 4) is 0 Å². The zero-order valence-electron chi connectivity index (χ0n) is 11.4. The van der Waals surface area contributed by atoms with Crippen LogP contribution >= 0.6 is 0 Å². The Balaban J connectivity index is 2.07. The van der Waals surface area contributed by atoms with Gasteiger partial charge >= 0.3 is 0 Å². The highest BCUT2D eigenvalue weighted by molar-refractivity contribution is 5.78. The van der Waals surface area contributed by atoms with E-state index >= 15 is 0 Å². The molecule has 0 spiro atoms. The molecule has 0 atom stereocenters. The number of aryl methyl sites for hydroxylation is 2. The van der Waals surface area contributed by atoms with Gasteiger partial charge in [0.05, 0.1) is 10.9 Å². The highest BCUT2D eigenvalue weighted by Gasteiger charge is 2.05. The number of fused-ring (bicyclic) bond motifs is 1. The lowest BCUT2D eigenvalue weighted by molar-refractivity contribution is 1.16. The number of benzene rings is 2. The van der Waals surface area contributed by atoms with Crippen LogP contribution < -0.4 is 10.9 Å². The summed E-state index contributed by atoms with van der Waals surface area (Å²) in [6.07, 6.45) is 0. The molecule has 0 bridgehead atoms. The van der Waals surface area contributed by atoms with Gasteiger partial charge in [-0.2, -0.15) is 0 Å². The van der Waals surface area contributed by atoms with Gasteiger partial charge in [-0.15, -0.1) is 0 Å². The Bertz CT molecular complexity index is 836. The average molecular weight is 265 g/mol. The van der Waals surface area contributed by atoms with E-state index in [1.807, 2.05) is 44.2 Å². The van der Waals surface area contributed by atoms with Gasteiger partial charge in [-0.3, -0.25) is 9.78 Å². The molecule has 0 aliphatic heterocycles. The maximum atomic E-state index is 12.0. The Morgan fingerprint density at radius 1 is 1.10 bits per heavy atom. The van der Waals surface area contributed by atoms with Crippen molar-refractivity contribution in [2.45, 2.75) is 13.8 Å². The van der Waals surface area contributed by atoms with Crippen molar-refractivity contribution in [1.82, 2.24) is 9.97 Å². The van der Waals surface area contributed by atoms with Crippen LogP contribution in [0.5, 0.6) is 0 Å². The Labute approximate surface area is 116 Å². The van der Waals surface area contributed by atoms with Crippen molar-refractivity contribution in [1.29, 1.82) is 0 Å². The molecule has 0 unspecified atom stereocenters. The minimum Gasteiger partial charge on any atom is -0.325 e. The van der Waals surface area contributed by atoms with Gasteiger partial charge < -0.3 is 5.32 Å². The van der Waals surface area contributed by atoms with Crippen LogP contribution in [0.1, 0.15) is 11.1 Å². The molecule has 1 heterocycles. The predicted molar refractivity (Wildman–Crippen MR) is 81.6 cm³/mol. The van der Waals surface area contributed by atoms with E-state index in [0.717, 1.165) is 16.8 Å². The van der Waals surface area contributed by atoms with E-state index in [1.54, 1.807) is 6.07 Å². The molecule has 100 valence electrons. The first kappa shape index (κ1) is 12.4. The molecule has 1 aromatic heterocycles. The van der Waals surface area contributed by atoms with E-state index < -0.39 is 0 Å². The number of H-pyrrole nitrogens is 1. The number of aromatic amines is 1. The van der Waals surface area contributed by atoms with Gasteiger partial charge in [-0.1, -0.05) is 24.3 Å². The first-order valence-corrected chi connectivity index (χ1v) is 6.47. The second kappa shape index (κ2) is 4.81. The lowest BCUT2D eigenvalue weighted by atomic mass is 10.1. The van der Waals surface area contributed by atoms with Crippen LogP contribution in [0.25, 0.3) is 10.9 Å². The normalized spacial score (nSPS) is 10.7. The molecule has 4 heteroatoms. The fourth-order valence-corrected chi connectivity index (χ4v) is 2.14. The van der Waals surface area contributed by atoms with Gasteiger partial charge in [0.2, 0.25) is 5.95 Å². The second-order valence-electron chi connectivity index (χ2n) is 4.88. The number of anilines is 2. The summed E-state index contributed by atoms with van der Waals surface area (Å²) in [5.41, 5.74) is 3.75. The SMILES string of the molecule is Cc1ccc(C)c(Nc2nc3ccccc3c(=O)[nH]2)c1. The topological polar surface area (TPSA) is 57.8 Å². The minimum absolute atomic E-state index is 0.136. The van der Waals surface area contributed by atoms with Crippen LogP contribution in [0.4, 0.5) is 11.6 Å². The molecule has 2 aromatic carbocycles. The number of nitrogens with zero attached hydrogens (tertiary/aromatic N) is 1. The molecule has 0 amide bonds. The summed E-state index contributed by atoms with van der Waals surface area (Å²) < 4.78 is 0. The lowest BCUT2D eigenvalue weighted by Gasteiger charge is -2.10. The summed E-state index contributed by atoms with van der Waals surface area (Å²) in [5.74, 6) is 0.461. The maximum Gasteiger partial charge on any atom is 0.260 e. The fraction of sp³-hybridized carbons (Fsp3) is 0.125. The largest absolute Gasteiger partial charge is 0.325 e. The summed E-state index contributed by atoms with van der Waals surface area (Å²) in [4.78, 5) is 19.2. The van der Waals surface area contributed by atoms with Crippen molar-refractivity contribution in [3.05, 3.63) is 63.9 Å². The second-order valence-corrected chi connectivity index (χ2v) is 4.88. The smallest absolute Gasteiger partial charge is 0.260 e. The molecule has 4 nitrogen and oxygen atoms in total. The average Bonchev–Trinajstić information content (AvgIpc) is 2.43. The van der Waals surface area contributed by atoms with Crippen LogP contribution in [-0.4, -0.2) is 9.97 Å². The van der Waals surface area contributed by atoms with Crippen molar-refractivity contribution < 1.29 is 0 Å². The van der Waals surface area contributed by atoms with Crippen LogP contribution in [0.3, 0.4) is 0 Å². The molecule has 20 heavy (non-hydrogen) atoms. The van der Waals surface area contributed by atoms with E-state index in [2.05, 4.69) is 21.4 Å². The number of aromatic nitrogens is 2. The Morgan fingerprint density at radius 3 is 2.75 bits per heavy atom. The summed E-state index contributed by atoms with van der Waals surface area (Å²) in [6.45, 7) is 4.04. The highest BCUT2D eigenvalue weighted by atomic mass is 16.1. The Kier molecular flexibility index (Phi) is 2.99. The predicted octanol–water partition coefficient (Wildman–Crippen LogP) is 3.28. The van der Waals surface area contributed by atoms with Gasteiger partial charge in [0.15, 0.2) is 0 Å². The van der Waals surface area contributed by atoms with Gasteiger partial charge in [-0.05, 0) is 43.2 Å². The summed E-state index contributed by atoms with van der Waals surface area (Å²) in [5, 5.41) is 3.78. The molecule has 3 aromatic rings. The molecular formula is C16H15N3O. The molecule has 0 fully saturated rings. The zero-order valence-corrected chi connectivity index (χ0v) is 11.4. The van der Waals surface area contributed by atoms with Crippen LogP contribution in [0.15, 0.2) is 47.3 Å². The van der Waals surface area contributed by atoms with Crippen molar-refractivity contribution in [2.75, 3.05) is 5.32 Å². The number of hydrogen-bond acceptors (Lipinski definition) is 3. The molecular weight excluding hydrogens is 250 g/mol. The number of hydrogen-bond donors (Lipinski definition) is 2. The molecule has 2 N–H and O–H groups in total. The summed E-state index contributed by atoms with van der Waals surface area (Å²) in [6, 6.07) is 13.4. The summed E-state index contributed by atoms with van der Waals surface area (Å²) >= 11 is 0. The third-order valence-electron chi connectivity index (χ3n) is 3.26. The van der Waals surface area contributed by atoms with Gasteiger partial charge in [0, 0.05) is 5.69 Å². The monoisotopic (exact) mass is 265 g/mol. The Hall–Kier alpha value is -2.62. The van der Waals surface area contributed by atoms with Crippen molar-refractivity contribution in [3.63, 3.8) is 0 Å². The lowest BCUT2D eigenvalue weighted by Crippen LogP contribution is -2.11. The number of para-hydroxylation sites is 1. The summed E-state index contributed by atoms with van der Waals surface area (Å²) in [7, 11) is 0. The molecule has 0 radical (unpaired) electrons. The number of nitrogens with one attached hydrogen (secondary N) is 2. The first-order valence-electron chi connectivity index (χ1n) is 6.47. The van der Waals surface area contributed by atoms with Crippen LogP contribution in [-0.2, 0) is 0 Å².